The lowest BCUT2D eigenvalue weighted by Crippen LogP contribution is -2.40. The molecule has 78 valence electrons. The Hall–Kier alpha value is -0.0900. The molecule has 0 atom stereocenters. The van der Waals surface area contributed by atoms with Crippen LogP contribution >= 0.6 is 0 Å². The van der Waals surface area contributed by atoms with E-state index < -0.39 is 9.73 Å². The summed E-state index contributed by atoms with van der Waals surface area (Å²) in [6.45, 7) is 5.30. The first-order chi connectivity index (χ1) is 6.20. The zero-order valence-electron chi connectivity index (χ0n) is 8.66. The third-order valence-corrected chi connectivity index (χ3v) is 4.92. The summed E-state index contributed by atoms with van der Waals surface area (Å²) in [6, 6.07) is 0. The van der Waals surface area contributed by atoms with Crippen molar-refractivity contribution in [3.63, 3.8) is 0 Å². The van der Waals surface area contributed by atoms with Crippen LogP contribution in [0.15, 0.2) is 4.36 Å². The summed E-state index contributed by atoms with van der Waals surface area (Å²) >= 11 is 0. The van der Waals surface area contributed by atoms with E-state index in [2.05, 4.69) is 16.2 Å². The molecule has 0 bridgehead atoms. The van der Waals surface area contributed by atoms with Gasteiger partial charge in [-0.1, -0.05) is 13.3 Å². The van der Waals surface area contributed by atoms with E-state index in [1.165, 1.54) is 12.8 Å². The lowest BCUT2D eigenvalue weighted by molar-refractivity contribution is 0.293. The Balaban J connectivity index is 2.35. The molecule has 0 aromatic carbocycles. The van der Waals surface area contributed by atoms with Crippen LogP contribution in [0.25, 0.3) is 0 Å². The highest BCUT2D eigenvalue weighted by Crippen LogP contribution is 2.07. The number of unbranched alkanes of at least 4 members (excludes halogenated alkanes) is 1. The van der Waals surface area contributed by atoms with Gasteiger partial charge in [0.25, 0.3) is 0 Å². The molecular weight excluding hydrogens is 184 g/mol. The van der Waals surface area contributed by atoms with Gasteiger partial charge in [-0.2, -0.15) is 0 Å². The van der Waals surface area contributed by atoms with Crippen LogP contribution in [0.1, 0.15) is 19.8 Å². The maximum absolute atomic E-state index is 11.8. The number of hydrogen-bond acceptors (Lipinski definition) is 3. The van der Waals surface area contributed by atoms with Gasteiger partial charge in [0.15, 0.2) is 0 Å². The predicted molar refractivity (Wildman–Crippen MR) is 57.6 cm³/mol. The molecule has 1 saturated heterocycles. The monoisotopic (exact) mass is 204 g/mol. The minimum absolute atomic E-state index is 0.771. The zero-order chi connectivity index (χ0) is 9.73. The van der Waals surface area contributed by atoms with E-state index in [1.54, 1.807) is 7.05 Å². The lowest BCUT2D eigenvalue weighted by Gasteiger charge is -2.28. The first-order valence-corrected chi connectivity index (χ1v) is 6.88. The largest absolute Gasteiger partial charge is 0.301 e. The van der Waals surface area contributed by atoms with Gasteiger partial charge in [0, 0.05) is 41.4 Å². The minimum atomic E-state index is -1.80. The van der Waals surface area contributed by atoms with E-state index in [4.69, 9.17) is 0 Å². The zero-order valence-corrected chi connectivity index (χ0v) is 9.48. The van der Waals surface area contributed by atoms with Crippen LogP contribution in [0.3, 0.4) is 0 Å². The van der Waals surface area contributed by atoms with Crippen molar-refractivity contribution < 1.29 is 4.21 Å². The topological polar surface area (TPSA) is 32.7 Å². The number of nitrogens with zero attached hydrogens (tertiary/aromatic N) is 2. The Morgan fingerprint density at radius 1 is 1.38 bits per heavy atom. The highest BCUT2D eigenvalue weighted by atomic mass is 32.2. The summed E-state index contributed by atoms with van der Waals surface area (Å²) in [5.74, 6) is 1.54. The van der Waals surface area contributed by atoms with Gasteiger partial charge >= 0.3 is 0 Å². The molecule has 1 heterocycles. The molecule has 0 spiro atoms. The van der Waals surface area contributed by atoms with Crippen molar-refractivity contribution in [2.24, 2.45) is 4.36 Å². The smallest absolute Gasteiger partial charge is 0.0490 e. The first kappa shape index (κ1) is 11.0. The third-order valence-electron chi connectivity index (χ3n) is 2.61. The molecule has 3 nitrogen and oxygen atoms in total. The molecule has 0 amide bonds. The summed E-state index contributed by atoms with van der Waals surface area (Å²) in [5.41, 5.74) is 0. The van der Waals surface area contributed by atoms with Gasteiger partial charge in [0.05, 0.1) is 0 Å². The number of rotatable bonds is 3. The fourth-order valence-electron chi connectivity index (χ4n) is 1.55. The van der Waals surface area contributed by atoms with Crippen LogP contribution in [-0.4, -0.2) is 47.3 Å². The van der Waals surface area contributed by atoms with Crippen LogP contribution in [0.2, 0.25) is 0 Å². The summed E-state index contributed by atoms with van der Waals surface area (Å²) in [7, 11) is -0.118. The Morgan fingerprint density at radius 2 is 2.00 bits per heavy atom. The van der Waals surface area contributed by atoms with Crippen molar-refractivity contribution in [1.29, 1.82) is 0 Å². The van der Waals surface area contributed by atoms with Gasteiger partial charge in [-0.25, -0.2) is 8.57 Å². The fraction of sp³-hybridized carbons (Fsp3) is 1.00. The second-order valence-electron chi connectivity index (χ2n) is 3.56. The minimum Gasteiger partial charge on any atom is -0.301 e. The Labute approximate surface area is 81.7 Å². The second kappa shape index (κ2) is 4.96. The summed E-state index contributed by atoms with van der Waals surface area (Å²) in [4.78, 5) is 2.40. The molecule has 0 N–H and O–H groups in total. The van der Waals surface area contributed by atoms with Gasteiger partial charge in [-0.15, -0.1) is 0 Å². The van der Waals surface area contributed by atoms with Crippen molar-refractivity contribution >= 4 is 9.73 Å². The molecule has 1 aliphatic rings. The maximum atomic E-state index is 11.8. The van der Waals surface area contributed by atoms with Gasteiger partial charge in [-0.05, 0) is 13.0 Å². The van der Waals surface area contributed by atoms with Gasteiger partial charge in [0.1, 0.15) is 0 Å². The standard InChI is InChI=1S/C9H20N2OS/c1-3-4-5-11-6-8-13(12,10-2)9-7-11/h3-9H2,1-2H3. The Bertz CT molecular complexity index is 242. The highest BCUT2D eigenvalue weighted by molar-refractivity contribution is 7.93. The quantitative estimate of drug-likeness (QED) is 0.692. The van der Waals surface area contributed by atoms with Crippen LogP contribution in [0.5, 0.6) is 0 Å². The van der Waals surface area contributed by atoms with Crippen LogP contribution < -0.4 is 0 Å². The normalized spacial score (nSPS) is 22.9. The molecule has 0 aromatic rings. The van der Waals surface area contributed by atoms with Gasteiger partial charge < -0.3 is 4.90 Å². The van der Waals surface area contributed by atoms with Crippen molar-refractivity contribution in [1.82, 2.24) is 4.90 Å². The van der Waals surface area contributed by atoms with Crippen LogP contribution in [0, 0.1) is 0 Å². The van der Waals surface area contributed by atoms with Gasteiger partial charge in [-0.3, -0.25) is 0 Å². The Kier molecular flexibility index (Phi) is 4.19. The first-order valence-electron chi connectivity index (χ1n) is 5.03. The molecule has 0 unspecified atom stereocenters. The third kappa shape index (κ3) is 3.27. The molecular formula is C9H20N2OS. The van der Waals surface area contributed by atoms with E-state index in [-0.39, 0.29) is 0 Å². The molecule has 13 heavy (non-hydrogen) atoms. The molecule has 4 heteroatoms. The van der Waals surface area contributed by atoms with E-state index in [1.807, 2.05) is 0 Å². The van der Waals surface area contributed by atoms with Crippen LogP contribution in [-0.2, 0) is 9.73 Å². The van der Waals surface area contributed by atoms with Crippen molar-refractivity contribution in [2.45, 2.75) is 19.8 Å². The van der Waals surface area contributed by atoms with Crippen molar-refractivity contribution in [3.05, 3.63) is 0 Å². The molecule has 0 saturated carbocycles. The average molecular weight is 204 g/mol. The highest BCUT2D eigenvalue weighted by Gasteiger charge is 2.18. The number of hydrogen-bond donors (Lipinski definition) is 0. The molecule has 0 aliphatic carbocycles. The van der Waals surface area contributed by atoms with E-state index >= 15 is 0 Å². The lowest BCUT2D eigenvalue weighted by atomic mass is 10.3. The summed E-state index contributed by atoms with van der Waals surface area (Å²) in [5, 5.41) is 0. The molecule has 0 radical (unpaired) electrons. The van der Waals surface area contributed by atoms with Crippen LogP contribution in [0.4, 0.5) is 0 Å². The fourth-order valence-corrected chi connectivity index (χ4v) is 3.20. The Morgan fingerprint density at radius 3 is 2.46 bits per heavy atom. The SMILES string of the molecule is CCCCN1CCS(=O)(=NC)CC1. The predicted octanol–water partition coefficient (Wildman–Crippen LogP) is 1.20. The van der Waals surface area contributed by atoms with Gasteiger partial charge in [0.2, 0.25) is 0 Å². The van der Waals surface area contributed by atoms with Crippen molar-refractivity contribution in [2.75, 3.05) is 38.2 Å². The van der Waals surface area contributed by atoms with Crippen molar-refractivity contribution in [3.8, 4) is 0 Å². The molecule has 0 aromatic heterocycles. The molecule has 1 aliphatic heterocycles. The van der Waals surface area contributed by atoms with E-state index in [9.17, 15) is 4.21 Å². The summed E-state index contributed by atoms with van der Waals surface area (Å²) < 4.78 is 15.8. The molecule has 1 fully saturated rings. The van der Waals surface area contributed by atoms with E-state index in [0.717, 1.165) is 31.1 Å². The molecule has 1 rings (SSSR count). The maximum Gasteiger partial charge on any atom is 0.0490 e. The second-order valence-corrected chi connectivity index (χ2v) is 6.29. The van der Waals surface area contributed by atoms with E-state index in [0.29, 0.717) is 0 Å². The summed E-state index contributed by atoms with van der Waals surface area (Å²) in [6.07, 6.45) is 2.49. The average Bonchev–Trinajstić information content (AvgIpc) is 2.17.